The molecule has 0 heteroatoms. The molecule has 0 N–H and O–H groups in total. The largest absolute Gasteiger partial charge is 0.0651 e. The Morgan fingerprint density at radius 1 is 0.390 bits per heavy atom. The molecule has 0 saturated heterocycles. The van der Waals surface area contributed by atoms with Gasteiger partial charge in [-0.15, -0.1) is 0 Å². The van der Waals surface area contributed by atoms with Crippen LogP contribution in [0.25, 0.3) is 0 Å². The average Bonchev–Trinajstić information content (AvgIpc) is 3.24. The number of benzene rings is 3. The zero-order chi connectivity index (χ0) is 43.4. The molecule has 0 bridgehead atoms. The first-order valence-electron chi connectivity index (χ1n) is 25.3. The zero-order valence-electron chi connectivity index (χ0n) is 41.4. The summed E-state index contributed by atoms with van der Waals surface area (Å²) in [6.45, 7) is 29.8. The molecule has 0 atom stereocenters. The molecule has 0 nitrogen and oxygen atoms in total. The van der Waals surface area contributed by atoms with Crippen molar-refractivity contribution in [2.75, 3.05) is 0 Å². The third-order valence-corrected chi connectivity index (χ3v) is 15.8. The lowest BCUT2D eigenvalue weighted by molar-refractivity contribution is 0.131. The maximum atomic E-state index is 2.56. The fraction of sp³-hybridized carbons (Fsp3) is 0.695. The minimum absolute atomic E-state index is 0.0708. The molecule has 332 valence electrons. The predicted molar refractivity (Wildman–Crippen MR) is 265 cm³/mol. The van der Waals surface area contributed by atoms with Crippen LogP contribution in [0.5, 0.6) is 0 Å². The highest BCUT2D eigenvalue weighted by Gasteiger charge is 2.30. The lowest BCUT2D eigenvalue weighted by Crippen LogP contribution is -2.27. The zero-order valence-corrected chi connectivity index (χ0v) is 41.4. The predicted octanol–water partition coefficient (Wildman–Crippen LogP) is 18.7. The van der Waals surface area contributed by atoms with Gasteiger partial charge in [0.2, 0.25) is 0 Å². The third-order valence-electron chi connectivity index (χ3n) is 15.8. The Bertz CT molecular complexity index is 1350. The van der Waals surface area contributed by atoms with Gasteiger partial charge < -0.3 is 0 Å². The van der Waals surface area contributed by atoms with Crippen LogP contribution in [0.2, 0.25) is 0 Å². The standard InChI is InChI=1S/C17H20.C16H30.C10H20.C8H16.C8H10/c1-13-5-9-15(10-6-13)17(3,4)16-11-7-14(2)8-12-16;1-12-4-8-15(9-5-12)14(3)16-10-6-13(2)7-11-16;1-3-9-5-7-10(4-2)8-6-9;2*1-7-3-5-8(2)6-4-7/h5-12H,1-4H3;12-16H,4-11H2,1-3H3;9-10H,3-8H2,1-2H3;7-8H,3-6H2,1-2H3;3-6H,1-2H3. The quantitative estimate of drug-likeness (QED) is 0.233. The van der Waals surface area contributed by atoms with Crippen molar-refractivity contribution >= 4 is 0 Å². The molecule has 0 radical (unpaired) electrons. The van der Waals surface area contributed by atoms with Crippen molar-refractivity contribution in [3.8, 4) is 0 Å². The van der Waals surface area contributed by atoms with E-state index in [1.807, 2.05) is 0 Å². The van der Waals surface area contributed by atoms with Crippen molar-refractivity contribution in [3.63, 3.8) is 0 Å². The molecule has 0 unspecified atom stereocenters. The lowest BCUT2D eigenvalue weighted by atomic mass is 9.68. The van der Waals surface area contributed by atoms with Crippen molar-refractivity contribution < 1.29 is 0 Å². The number of hydrogen-bond donors (Lipinski definition) is 0. The molecule has 7 rings (SSSR count). The topological polar surface area (TPSA) is 0 Å². The summed E-state index contributed by atoms with van der Waals surface area (Å²) in [6.07, 6.45) is 26.8. The van der Waals surface area contributed by atoms with Crippen molar-refractivity contribution in [2.45, 2.75) is 211 Å². The van der Waals surface area contributed by atoms with Gasteiger partial charge in [0.15, 0.2) is 0 Å². The van der Waals surface area contributed by atoms with Crippen LogP contribution in [0.3, 0.4) is 0 Å². The van der Waals surface area contributed by atoms with Crippen LogP contribution < -0.4 is 0 Å². The fourth-order valence-electron chi connectivity index (χ4n) is 10.2. The van der Waals surface area contributed by atoms with E-state index in [4.69, 9.17) is 0 Å². The maximum Gasteiger partial charge on any atom is 0.0146 e. The van der Waals surface area contributed by atoms with Crippen LogP contribution in [0.1, 0.15) is 211 Å². The second-order valence-corrected chi connectivity index (χ2v) is 21.5. The van der Waals surface area contributed by atoms with Crippen LogP contribution in [0.15, 0.2) is 72.8 Å². The summed E-state index contributed by atoms with van der Waals surface area (Å²) < 4.78 is 0. The lowest BCUT2D eigenvalue weighted by Gasteiger charge is -2.38. The summed E-state index contributed by atoms with van der Waals surface area (Å²) in [5.74, 6) is 9.34. The number of hydrogen-bond acceptors (Lipinski definition) is 0. The Kier molecular flexibility index (Phi) is 23.2. The smallest absolute Gasteiger partial charge is 0.0146 e. The Morgan fingerprint density at radius 3 is 0.847 bits per heavy atom. The molecular weight excluding hydrogens is 709 g/mol. The Balaban J connectivity index is 0.000000205. The van der Waals surface area contributed by atoms with E-state index in [-0.39, 0.29) is 5.41 Å². The van der Waals surface area contributed by atoms with Crippen LogP contribution in [0.4, 0.5) is 0 Å². The molecule has 0 aromatic heterocycles. The molecule has 59 heavy (non-hydrogen) atoms. The molecule has 3 aromatic carbocycles. The monoisotopic (exact) mass is 805 g/mol. The highest BCUT2D eigenvalue weighted by molar-refractivity contribution is 5.39. The van der Waals surface area contributed by atoms with Crippen molar-refractivity contribution in [2.24, 2.45) is 53.3 Å². The molecule has 4 aliphatic rings. The van der Waals surface area contributed by atoms with Gasteiger partial charge >= 0.3 is 0 Å². The SMILES string of the molecule is CC1CCC(C(C)C2CCC(C)CC2)CC1.CC1CCC(C)CC1.CCC1CCC(CC)CC1.Cc1ccc(C(C)(C)c2ccc(C)cc2)cc1.Cc1ccc(C)cc1. The van der Waals surface area contributed by atoms with E-state index in [0.29, 0.717) is 0 Å². The van der Waals surface area contributed by atoms with E-state index in [1.165, 1.54) is 149 Å². The highest BCUT2D eigenvalue weighted by Crippen LogP contribution is 2.42. The van der Waals surface area contributed by atoms with Gasteiger partial charge in [-0.25, -0.2) is 0 Å². The van der Waals surface area contributed by atoms with Crippen LogP contribution in [-0.2, 0) is 5.41 Å². The Labute approximate surface area is 369 Å². The summed E-state index contributed by atoms with van der Waals surface area (Å²) in [7, 11) is 0. The minimum Gasteiger partial charge on any atom is -0.0651 e. The molecule has 0 amide bonds. The van der Waals surface area contributed by atoms with Crippen molar-refractivity contribution in [3.05, 3.63) is 106 Å². The molecule has 0 heterocycles. The number of aryl methyl sites for hydroxylation is 4. The van der Waals surface area contributed by atoms with Gasteiger partial charge in [0.05, 0.1) is 0 Å². The average molecular weight is 805 g/mol. The van der Waals surface area contributed by atoms with Gasteiger partial charge in [-0.1, -0.05) is 247 Å². The van der Waals surface area contributed by atoms with E-state index >= 15 is 0 Å². The first kappa shape index (κ1) is 51.0. The van der Waals surface area contributed by atoms with E-state index in [0.717, 1.165) is 53.3 Å². The third kappa shape index (κ3) is 19.1. The van der Waals surface area contributed by atoms with Gasteiger partial charge in [0.1, 0.15) is 0 Å². The molecule has 3 aromatic rings. The molecule has 4 aliphatic carbocycles. The van der Waals surface area contributed by atoms with Crippen LogP contribution >= 0.6 is 0 Å². The first-order valence-corrected chi connectivity index (χ1v) is 25.3. The van der Waals surface area contributed by atoms with Crippen molar-refractivity contribution in [1.82, 2.24) is 0 Å². The van der Waals surface area contributed by atoms with E-state index in [2.05, 4.69) is 163 Å². The van der Waals surface area contributed by atoms with Gasteiger partial charge in [-0.05, 0) is 118 Å². The summed E-state index contributed by atoms with van der Waals surface area (Å²) in [6, 6.07) is 26.1. The number of rotatable bonds is 6. The van der Waals surface area contributed by atoms with E-state index in [1.54, 1.807) is 0 Å². The molecule has 4 fully saturated rings. The second-order valence-electron chi connectivity index (χ2n) is 21.5. The summed E-state index contributed by atoms with van der Waals surface area (Å²) in [5.41, 5.74) is 8.09. The van der Waals surface area contributed by atoms with Crippen molar-refractivity contribution in [1.29, 1.82) is 0 Å². The molecule has 0 spiro atoms. The summed E-state index contributed by atoms with van der Waals surface area (Å²) in [4.78, 5) is 0. The summed E-state index contributed by atoms with van der Waals surface area (Å²) >= 11 is 0. The highest BCUT2D eigenvalue weighted by atomic mass is 14.4. The molecular formula is C59H96. The van der Waals surface area contributed by atoms with Crippen LogP contribution in [0, 0.1) is 81.0 Å². The van der Waals surface area contributed by atoms with Gasteiger partial charge in [-0.2, -0.15) is 0 Å². The second kappa shape index (κ2) is 26.9. The molecule has 4 saturated carbocycles. The first-order chi connectivity index (χ1) is 28.1. The van der Waals surface area contributed by atoms with E-state index < -0.39 is 0 Å². The Hall–Kier alpha value is -2.34. The fourth-order valence-corrected chi connectivity index (χ4v) is 10.2. The van der Waals surface area contributed by atoms with Gasteiger partial charge in [0.25, 0.3) is 0 Å². The summed E-state index contributed by atoms with van der Waals surface area (Å²) in [5, 5.41) is 0. The van der Waals surface area contributed by atoms with E-state index in [9.17, 15) is 0 Å². The van der Waals surface area contributed by atoms with Gasteiger partial charge in [-0.3, -0.25) is 0 Å². The van der Waals surface area contributed by atoms with Gasteiger partial charge in [0, 0.05) is 5.41 Å². The minimum atomic E-state index is 0.0708. The normalized spacial score (nSPS) is 27.4. The molecule has 0 aliphatic heterocycles. The Morgan fingerprint density at radius 2 is 0.610 bits per heavy atom. The van der Waals surface area contributed by atoms with Crippen LogP contribution in [-0.4, -0.2) is 0 Å². The maximum absolute atomic E-state index is 2.56.